The van der Waals surface area contributed by atoms with E-state index in [1.165, 1.54) is 114 Å². The Morgan fingerprint density at radius 1 is 0.426 bits per heavy atom. The number of rotatable bonds is 1. The fraction of sp³-hybridized carbons (Fsp3) is 0.0526. The first-order valence-electron chi connectivity index (χ1n) is 21.2. The molecule has 0 N–H and O–H groups in total. The molecular formula is C57H37NOSSi. The van der Waals surface area contributed by atoms with Crippen LogP contribution in [0.5, 0.6) is 11.5 Å². The number of ether oxygens (including phenoxy) is 1. The average molecular weight is 812 g/mol. The number of hydrogen-bond acceptors (Lipinski definition) is 3. The maximum absolute atomic E-state index is 6.78. The first kappa shape index (κ1) is 33.8. The van der Waals surface area contributed by atoms with Gasteiger partial charge in [0, 0.05) is 37.0 Å². The molecule has 4 heteroatoms. The van der Waals surface area contributed by atoms with E-state index in [-0.39, 0.29) is 0 Å². The number of hydrogen-bond donors (Lipinski definition) is 0. The summed E-state index contributed by atoms with van der Waals surface area (Å²) < 4.78 is 9.38. The molecule has 0 atom stereocenters. The highest BCUT2D eigenvalue weighted by atomic mass is 32.1. The second-order valence-electron chi connectivity index (χ2n) is 17.3. The van der Waals surface area contributed by atoms with E-state index in [2.05, 4.69) is 207 Å². The molecule has 1 aromatic heterocycles. The predicted octanol–water partition coefficient (Wildman–Crippen LogP) is 12.3. The van der Waals surface area contributed by atoms with Crippen LogP contribution in [0.2, 0.25) is 0 Å². The number of anilines is 3. The molecular weight excluding hydrogens is 775 g/mol. The molecule has 2 nitrogen and oxygen atoms in total. The standard InChI is InChI=1S/C57H37NOSSi/c1-34-23-26-39-40-27-24-35(2)30-55(40)61(54(39)29-34)53-22-12-4-14-38(53)41-28-25-36(31-56(41)61)58-47-18-8-5-15-43(47)57(44-16-6-9-19-49(44)59-50-20-10-7-17-45(50)57)46-33-52-42(32-48(46)58)37-13-3-11-21-51(37)60-52/h3-33H,1-2H3. The highest BCUT2D eigenvalue weighted by Gasteiger charge is 2.55. The van der Waals surface area contributed by atoms with Crippen molar-refractivity contribution in [1.82, 2.24) is 0 Å². The average Bonchev–Trinajstić information content (AvgIpc) is 3.91. The van der Waals surface area contributed by atoms with Gasteiger partial charge in [0.05, 0.1) is 16.8 Å². The van der Waals surface area contributed by atoms with E-state index in [1.54, 1.807) is 0 Å². The topological polar surface area (TPSA) is 12.5 Å². The Hall–Kier alpha value is -6.98. The monoisotopic (exact) mass is 811 g/mol. The summed E-state index contributed by atoms with van der Waals surface area (Å²) in [7, 11) is -2.74. The summed E-state index contributed by atoms with van der Waals surface area (Å²) in [5.74, 6) is 1.80. The van der Waals surface area contributed by atoms with Crippen LogP contribution in [0.1, 0.15) is 33.4 Å². The zero-order valence-electron chi connectivity index (χ0n) is 33.7. The highest BCUT2D eigenvalue weighted by molar-refractivity contribution is 7.26. The van der Waals surface area contributed by atoms with Crippen molar-refractivity contribution in [2.24, 2.45) is 0 Å². The van der Waals surface area contributed by atoms with Gasteiger partial charge in [-0.3, -0.25) is 0 Å². The zero-order chi connectivity index (χ0) is 40.2. The lowest BCUT2D eigenvalue weighted by Gasteiger charge is -2.48. The number of fused-ring (bicyclic) bond motifs is 21. The number of thiophene rings is 1. The van der Waals surface area contributed by atoms with Crippen LogP contribution in [0.15, 0.2) is 188 Å². The van der Waals surface area contributed by atoms with Crippen molar-refractivity contribution in [2.45, 2.75) is 19.3 Å². The SMILES string of the molecule is Cc1ccc2c(c1)[Si]1(c3ccccc3-c3ccc(N4c5ccccc5C5(c6ccccc6Oc6ccccc65)c5cc6sc7ccccc7c6cc54)cc31)c1cc(C)ccc1-2. The molecule has 0 unspecified atom stereocenters. The van der Waals surface area contributed by atoms with E-state index in [9.17, 15) is 0 Å². The van der Waals surface area contributed by atoms with Gasteiger partial charge in [0.1, 0.15) is 11.5 Å². The Morgan fingerprint density at radius 3 is 1.74 bits per heavy atom. The van der Waals surface area contributed by atoms with Crippen LogP contribution in [0, 0.1) is 13.8 Å². The third-order valence-electron chi connectivity index (χ3n) is 14.2. The van der Waals surface area contributed by atoms with E-state index in [4.69, 9.17) is 4.74 Å². The van der Waals surface area contributed by atoms with Crippen molar-refractivity contribution in [1.29, 1.82) is 0 Å². The largest absolute Gasteiger partial charge is 0.457 e. The van der Waals surface area contributed by atoms with Crippen molar-refractivity contribution < 1.29 is 4.74 Å². The summed E-state index contributed by atoms with van der Waals surface area (Å²) in [5, 5.41) is 8.58. The van der Waals surface area contributed by atoms with Gasteiger partial charge in [-0.15, -0.1) is 11.3 Å². The van der Waals surface area contributed by atoms with E-state index >= 15 is 0 Å². The molecule has 0 bridgehead atoms. The van der Waals surface area contributed by atoms with Crippen LogP contribution in [-0.4, -0.2) is 8.07 Å². The molecule has 5 heterocycles. The third-order valence-corrected chi connectivity index (χ3v) is 20.3. The second-order valence-corrected chi connectivity index (χ2v) is 22.0. The lowest BCUT2D eigenvalue weighted by Crippen LogP contribution is -2.70. The third kappa shape index (κ3) is 4.12. The van der Waals surface area contributed by atoms with Crippen molar-refractivity contribution >= 4 is 77.4 Å². The molecule has 2 spiro atoms. The normalized spacial score (nSPS) is 15.1. The quantitative estimate of drug-likeness (QED) is 0.153. The number of para-hydroxylation sites is 3. The molecule has 286 valence electrons. The van der Waals surface area contributed by atoms with Gasteiger partial charge in [0.25, 0.3) is 0 Å². The lowest BCUT2D eigenvalue weighted by atomic mass is 9.61. The molecule has 0 amide bonds. The molecule has 10 aromatic rings. The van der Waals surface area contributed by atoms with Gasteiger partial charge in [0.15, 0.2) is 8.07 Å². The van der Waals surface area contributed by atoms with Crippen LogP contribution >= 0.6 is 11.3 Å². The van der Waals surface area contributed by atoms with Crippen LogP contribution in [0.3, 0.4) is 0 Å². The van der Waals surface area contributed by atoms with Crippen molar-refractivity contribution in [3.8, 4) is 33.8 Å². The first-order chi connectivity index (χ1) is 30.0. The molecule has 0 saturated heterocycles. The van der Waals surface area contributed by atoms with E-state index in [1.807, 2.05) is 11.3 Å². The Bertz CT molecular complexity index is 3480. The van der Waals surface area contributed by atoms with Crippen LogP contribution in [-0.2, 0) is 5.41 Å². The van der Waals surface area contributed by atoms with Gasteiger partial charge in [-0.1, -0.05) is 151 Å². The van der Waals surface area contributed by atoms with Gasteiger partial charge in [-0.05, 0) is 117 Å². The number of benzene rings is 9. The van der Waals surface area contributed by atoms with E-state index in [0.717, 1.165) is 11.5 Å². The summed E-state index contributed by atoms with van der Waals surface area (Å²) >= 11 is 1.89. The summed E-state index contributed by atoms with van der Waals surface area (Å²) in [6.45, 7) is 4.52. The Labute approximate surface area is 359 Å². The molecule has 9 aromatic carbocycles. The van der Waals surface area contributed by atoms with Crippen LogP contribution in [0.4, 0.5) is 17.1 Å². The van der Waals surface area contributed by atoms with Gasteiger partial charge >= 0.3 is 0 Å². The summed E-state index contributed by atoms with van der Waals surface area (Å²) in [5.41, 5.74) is 15.9. The van der Waals surface area contributed by atoms with E-state index in [0.29, 0.717) is 0 Å². The van der Waals surface area contributed by atoms with Gasteiger partial charge in [0.2, 0.25) is 0 Å². The Balaban J connectivity index is 1.12. The van der Waals surface area contributed by atoms with Gasteiger partial charge < -0.3 is 9.64 Å². The summed E-state index contributed by atoms with van der Waals surface area (Å²) in [6, 6.07) is 71.6. The Morgan fingerprint density at radius 2 is 1.00 bits per heavy atom. The van der Waals surface area contributed by atoms with Crippen LogP contribution < -0.4 is 30.4 Å². The number of nitrogens with zero attached hydrogens (tertiary/aromatic N) is 1. The zero-order valence-corrected chi connectivity index (χ0v) is 35.5. The van der Waals surface area contributed by atoms with E-state index < -0.39 is 13.5 Å². The molecule has 0 aliphatic carbocycles. The lowest BCUT2D eigenvalue weighted by molar-refractivity contribution is 0.434. The molecule has 0 saturated carbocycles. The smallest absolute Gasteiger partial charge is 0.182 e. The van der Waals surface area contributed by atoms with Crippen molar-refractivity contribution in [3.05, 3.63) is 221 Å². The maximum Gasteiger partial charge on any atom is 0.182 e. The van der Waals surface area contributed by atoms with Crippen LogP contribution in [0.25, 0.3) is 42.4 Å². The minimum atomic E-state index is -2.74. The minimum Gasteiger partial charge on any atom is -0.457 e. The summed E-state index contributed by atoms with van der Waals surface area (Å²) in [6.07, 6.45) is 0. The molecule has 14 rings (SSSR count). The van der Waals surface area contributed by atoms with Crippen molar-refractivity contribution in [2.75, 3.05) is 4.90 Å². The molecule has 4 aliphatic heterocycles. The molecule has 0 fully saturated rings. The summed E-state index contributed by atoms with van der Waals surface area (Å²) in [4.78, 5) is 2.59. The Kier molecular flexibility index (Phi) is 6.57. The second kappa shape index (κ2) is 11.9. The number of aryl methyl sites for hydroxylation is 2. The predicted molar refractivity (Wildman–Crippen MR) is 257 cm³/mol. The fourth-order valence-corrected chi connectivity index (χ4v) is 18.9. The van der Waals surface area contributed by atoms with Gasteiger partial charge in [-0.2, -0.15) is 0 Å². The highest BCUT2D eigenvalue weighted by Crippen LogP contribution is 2.63. The fourth-order valence-electron chi connectivity index (χ4n) is 11.9. The molecule has 4 aliphatic rings. The minimum absolute atomic E-state index is 0.625. The van der Waals surface area contributed by atoms with Crippen molar-refractivity contribution in [3.63, 3.8) is 0 Å². The molecule has 61 heavy (non-hydrogen) atoms. The van der Waals surface area contributed by atoms with Gasteiger partial charge in [-0.25, -0.2) is 0 Å². The molecule has 0 radical (unpaired) electrons. The first-order valence-corrected chi connectivity index (χ1v) is 24.1. The maximum atomic E-state index is 6.78.